The van der Waals surface area contributed by atoms with Gasteiger partial charge in [0.05, 0.1) is 36.8 Å². The Bertz CT molecular complexity index is 734. The number of nitrogens with zero attached hydrogens (tertiary/aromatic N) is 1. The predicted molar refractivity (Wildman–Crippen MR) is 90.4 cm³/mol. The molecule has 1 aromatic rings. The van der Waals surface area contributed by atoms with E-state index >= 15 is 0 Å². The van der Waals surface area contributed by atoms with Gasteiger partial charge in [0.15, 0.2) is 23.3 Å². The molecule has 0 aliphatic carbocycles. The largest absolute Gasteiger partial charge is 0.492 e. The van der Waals surface area contributed by atoms with Gasteiger partial charge in [0.1, 0.15) is 0 Å². The summed E-state index contributed by atoms with van der Waals surface area (Å²) in [4.78, 5) is 17.6. The topological polar surface area (TPSA) is 84.8 Å². The number of hydrogen-bond acceptors (Lipinski definition) is 8. The van der Waals surface area contributed by atoms with Crippen molar-refractivity contribution in [2.45, 2.75) is 20.0 Å². The molecule has 0 saturated heterocycles. The van der Waals surface area contributed by atoms with E-state index in [-0.39, 0.29) is 25.0 Å². The second kappa shape index (κ2) is 6.99. The number of benzene rings is 1. The fraction of sp³-hybridized carbons (Fsp3) is 0.500. The molecule has 25 heavy (non-hydrogen) atoms. The first-order valence-corrected chi connectivity index (χ1v) is 8.48. The average molecular weight is 416 g/mol. The van der Waals surface area contributed by atoms with Crippen LogP contribution in [0.2, 0.25) is 0 Å². The van der Waals surface area contributed by atoms with Gasteiger partial charge in [-0.05, 0) is 22.9 Å². The lowest BCUT2D eigenvalue weighted by atomic mass is 9.92. The van der Waals surface area contributed by atoms with Crippen LogP contribution in [0.25, 0.3) is 0 Å². The molecule has 2 aliphatic heterocycles. The molecule has 2 heterocycles. The summed E-state index contributed by atoms with van der Waals surface area (Å²) in [7, 11) is 3.03. The van der Waals surface area contributed by atoms with Gasteiger partial charge < -0.3 is 28.5 Å². The van der Waals surface area contributed by atoms with Gasteiger partial charge in [-0.3, -0.25) is 0 Å². The minimum Gasteiger partial charge on any atom is -0.492 e. The summed E-state index contributed by atoms with van der Waals surface area (Å²) < 4.78 is 27.6. The average Bonchev–Trinajstić information content (AvgIpc) is 3.22. The van der Waals surface area contributed by atoms with Crippen molar-refractivity contribution in [3.05, 3.63) is 10.0 Å². The van der Waals surface area contributed by atoms with Crippen LogP contribution < -0.4 is 18.9 Å². The van der Waals surface area contributed by atoms with E-state index in [1.807, 2.05) is 6.92 Å². The lowest BCUT2D eigenvalue weighted by Gasteiger charge is -2.22. The van der Waals surface area contributed by atoms with Crippen LogP contribution in [0.15, 0.2) is 9.63 Å². The number of halogens is 1. The third kappa shape index (κ3) is 2.76. The first-order valence-electron chi connectivity index (χ1n) is 7.68. The number of ether oxygens (including phenoxy) is 5. The Kier molecular flexibility index (Phi) is 4.94. The van der Waals surface area contributed by atoms with Gasteiger partial charge >= 0.3 is 5.97 Å². The fourth-order valence-electron chi connectivity index (χ4n) is 2.86. The molecule has 0 radical (unpaired) electrons. The van der Waals surface area contributed by atoms with Crippen LogP contribution >= 0.6 is 15.9 Å². The highest BCUT2D eigenvalue weighted by atomic mass is 79.9. The number of carbonyl (C=O) groups is 1. The maximum Gasteiger partial charge on any atom is 0.356 e. The zero-order chi connectivity index (χ0) is 18.1. The van der Waals surface area contributed by atoms with Crippen LogP contribution in [-0.4, -0.2) is 39.3 Å². The van der Waals surface area contributed by atoms with Crippen molar-refractivity contribution in [1.82, 2.24) is 0 Å². The van der Waals surface area contributed by atoms with Crippen LogP contribution in [0.3, 0.4) is 0 Å². The lowest BCUT2D eigenvalue weighted by molar-refractivity contribution is -0.135. The Hall–Kier alpha value is -2.16. The van der Waals surface area contributed by atoms with E-state index < -0.39 is 12.1 Å². The van der Waals surface area contributed by atoms with E-state index in [2.05, 4.69) is 21.1 Å². The minimum absolute atomic E-state index is 0.0720. The minimum atomic E-state index is -0.577. The van der Waals surface area contributed by atoms with Gasteiger partial charge in [-0.15, -0.1) is 0 Å². The molecular formula is C16H18BrNO7. The third-order valence-corrected chi connectivity index (χ3v) is 4.82. The Labute approximate surface area is 153 Å². The second-order valence-corrected chi connectivity index (χ2v) is 6.16. The molecule has 3 rings (SSSR count). The van der Waals surface area contributed by atoms with Crippen LogP contribution in [0.1, 0.15) is 25.5 Å². The molecule has 0 fully saturated rings. The zero-order valence-electron chi connectivity index (χ0n) is 14.3. The molecule has 1 aromatic carbocycles. The number of esters is 1. The van der Waals surface area contributed by atoms with Crippen molar-refractivity contribution >= 4 is 27.6 Å². The van der Waals surface area contributed by atoms with Gasteiger partial charge in [-0.25, -0.2) is 4.79 Å². The van der Waals surface area contributed by atoms with Crippen LogP contribution in [0, 0.1) is 5.92 Å². The van der Waals surface area contributed by atoms with Crippen LogP contribution in [0.5, 0.6) is 23.0 Å². The summed E-state index contributed by atoms with van der Waals surface area (Å²) in [6.07, 6.45) is -0.577. The van der Waals surface area contributed by atoms with Gasteiger partial charge in [0.25, 0.3) is 0 Å². The summed E-state index contributed by atoms with van der Waals surface area (Å²) in [5, 5.41) is 3.91. The van der Waals surface area contributed by atoms with E-state index in [0.29, 0.717) is 33.0 Å². The molecule has 0 aromatic heterocycles. The van der Waals surface area contributed by atoms with Gasteiger partial charge in [-0.2, -0.15) is 0 Å². The molecule has 9 heteroatoms. The lowest BCUT2D eigenvalue weighted by Crippen LogP contribution is -2.24. The molecule has 136 valence electrons. The van der Waals surface area contributed by atoms with Gasteiger partial charge in [0, 0.05) is 0 Å². The van der Waals surface area contributed by atoms with Crippen molar-refractivity contribution < 1.29 is 33.3 Å². The first-order chi connectivity index (χ1) is 12.0. The second-order valence-electron chi connectivity index (χ2n) is 5.37. The molecule has 2 unspecified atom stereocenters. The van der Waals surface area contributed by atoms with Crippen molar-refractivity contribution in [3.63, 3.8) is 0 Å². The molecule has 2 atom stereocenters. The quantitative estimate of drug-likeness (QED) is 0.683. The van der Waals surface area contributed by atoms with Crippen molar-refractivity contribution in [3.8, 4) is 23.0 Å². The Morgan fingerprint density at radius 2 is 1.92 bits per heavy atom. The number of methoxy groups -OCH3 is 2. The van der Waals surface area contributed by atoms with E-state index in [9.17, 15) is 4.79 Å². The summed E-state index contributed by atoms with van der Waals surface area (Å²) >= 11 is 3.52. The third-order valence-electron chi connectivity index (χ3n) is 4.03. The number of oxime groups is 1. The maximum absolute atomic E-state index is 12.0. The highest BCUT2D eigenvalue weighted by Crippen LogP contribution is 2.57. The summed E-state index contributed by atoms with van der Waals surface area (Å²) in [5.74, 6) is 0.916. The van der Waals surface area contributed by atoms with Crippen molar-refractivity contribution in [2.24, 2.45) is 11.1 Å². The number of carbonyl (C=O) groups excluding carboxylic acids is 1. The normalized spacial score (nSPS) is 20.8. The van der Waals surface area contributed by atoms with Gasteiger partial charge in [-0.1, -0.05) is 12.1 Å². The van der Waals surface area contributed by atoms with E-state index in [1.54, 1.807) is 6.92 Å². The van der Waals surface area contributed by atoms with Gasteiger partial charge in [0.2, 0.25) is 18.3 Å². The van der Waals surface area contributed by atoms with Crippen LogP contribution in [0.4, 0.5) is 0 Å². The Balaban J connectivity index is 2.05. The molecule has 2 aliphatic rings. The van der Waals surface area contributed by atoms with Crippen LogP contribution in [-0.2, 0) is 14.4 Å². The molecular weight excluding hydrogens is 398 g/mol. The zero-order valence-corrected chi connectivity index (χ0v) is 15.8. The number of fused-ring (bicyclic) bond motifs is 1. The predicted octanol–water partition coefficient (Wildman–Crippen LogP) is 2.82. The molecule has 0 saturated carbocycles. The highest BCUT2D eigenvalue weighted by molar-refractivity contribution is 9.10. The number of hydrogen-bond donors (Lipinski definition) is 0. The standard InChI is InChI=1S/C16H18BrNO7/c1-5-22-16(19)10-7(2)11(25-18-10)8-9(17)13-15(24-6-23-13)14(21-4)12(8)20-3/h7,11H,5-6H2,1-4H3. The smallest absolute Gasteiger partial charge is 0.356 e. The van der Waals surface area contributed by atoms with E-state index in [0.717, 1.165) is 0 Å². The highest BCUT2D eigenvalue weighted by Gasteiger charge is 2.42. The summed E-state index contributed by atoms with van der Waals surface area (Å²) in [5.41, 5.74) is 0.844. The van der Waals surface area contributed by atoms with E-state index in [1.165, 1.54) is 14.2 Å². The number of rotatable bonds is 5. The Morgan fingerprint density at radius 3 is 2.56 bits per heavy atom. The molecule has 0 bridgehead atoms. The van der Waals surface area contributed by atoms with Crippen molar-refractivity contribution in [2.75, 3.05) is 27.6 Å². The Morgan fingerprint density at radius 1 is 1.24 bits per heavy atom. The summed E-state index contributed by atoms with van der Waals surface area (Å²) in [6.45, 7) is 3.90. The van der Waals surface area contributed by atoms with Crippen molar-refractivity contribution in [1.29, 1.82) is 0 Å². The monoisotopic (exact) mass is 415 g/mol. The molecule has 0 N–H and O–H groups in total. The first kappa shape index (κ1) is 17.7. The summed E-state index contributed by atoms with van der Waals surface area (Å²) in [6, 6.07) is 0. The molecule has 0 spiro atoms. The van der Waals surface area contributed by atoms with E-state index in [4.69, 9.17) is 28.5 Å². The fourth-order valence-corrected chi connectivity index (χ4v) is 3.56. The SMILES string of the molecule is CCOC(=O)C1=NOC(c2c(Br)c3c(c(OC)c2OC)OCO3)C1C. The maximum atomic E-state index is 12.0. The molecule has 0 amide bonds. The molecule has 8 nitrogen and oxygen atoms in total.